The Morgan fingerprint density at radius 2 is 2.44 bits per heavy atom. The van der Waals surface area contributed by atoms with Crippen molar-refractivity contribution in [2.45, 2.75) is 26.5 Å². The first-order chi connectivity index (χ1) is 7.61. The molecular formula is C11H15N3O2. The molecule has 0 radical (unpaired) electrons. The van der Waals surface area contributed by atoms with Gasteiger partial charge in [-0.3, -0.25) is 4.79 Å². The molecule has 0 unspecified atom stereocenters. The first kappa shape index (κ1) is 12.2. The van der Waals surface area contributed by atoms with Crippen molar-refractivity contribution in [3.8, 4) is 6.01 Å². The van der Waals surface area contributed by atoms with Crippen LogP contribution in [0.4, 0.5) is 0 Å². The Kier molecular flexibility index (Phi) is 4.44. The Labute approximate surface area is 94.6 Å². The van der Waals surface area contributed by atoms with Gasteiger partial charge in [-0.25, -0.2) is 4.98 Å². The Balaban J connectivity index is 2.60. The predicted molar refractivity (Wildman–Crippen MR) is 59.8 cm³/mol. The van der Waals surface area contributed by atoms with E-state index in [1.165, 1.54) is 6.08 Å². The van der Waals surface area contributed by atoms with Gasteiger partial charge >= 0.3 is 6.01 Å². The molecule has 0 aliphatic rings. The fourth-order valence-electron chi connectivity index (χ4n) is 0.992. The molecule has 5 nitrogen and oxygen atoms in total. The summed E-state index contributed by atoms with van der Waals surface area (Å²) in [5.41, 5.74) is 0.695. The molecule has 1 rings (SSSR count). The third kappa shape index (κ3) is 4.08. The number of carbonyl (C=O) groups is 1. The largest absolute Gasteiger partial charge is 0.461 e. The summed E-state index contributed by atoms with van der Waals surface area (Å²) < 4.78 is 5.33. The van der Waals surface area contributed by atoms with Gasteiger partial charge in [0, 0.05) is 6.20 Å². The molecule has 0 aliphatic carbocycles. The second kappa shape index (κ2) is 5.85. The highest BCUT2D eigenvalue weighted by molar-refractivity contribution is 5.86. The molecule has 0 spiro atoms. The highest BCUT2D eigenvalue weighted by atomic mass is 16.5. The van der Waals surface area contributed by atoms with Crippen molar-refractivity contribution in [2.24, 2.45) is 0 Å². The lowest BCUT2D eigenvalue weighted by molar-refractivity contribution is -0.116. The zero-order valence-electron chi connectivity index (χ0n) is 9.43. The molecule has 0 saturated carbocycles. The molecule has 0 fully saturated rings. The van der Waals surface area contributed by atoms with E-state index in [0.717, 1.165) is 0 Å². The summed E-state index contributed by atoms with van der Waals surface area (Å²) in [5.74, 6) is -0.232. The Bertz CT molecular complexity index is 377. The summed E-state index contributed by atoms with van der Waals surface area (Å²) in [6.45, 7) is 7.49. The van der Waals surface area contributed by atoms with Crippen LogP contribution in [0.1, 0.15) is 19.5 Å². The van der Waals surface area contributed by atoms with Crippen LogP contribution in [0.25, 0.3) is 0 Å². The third-order valence-corrected chi connectivity index (χ3v) is 1.66. The third-order valence-electron chi connectivity index (χ3n) is 1.66. The summed E-state index contributed by atoms with van der Waals surface area (Å²) in [6, 6.07) is 2.04. The first-order valence-corrected chi connectivity index (χ1v) is 5.00. The number of aromatic nitrogens is 2. The molecule has 0 aromatic carbocycles. The zero-order chi connectivity index (χ0) is 12.0. The van der Waals surface area contributed by atoms with Gasteiger partial charge in [0.25, 0.3) is 0 Å². The molecule has 0 atom stereocenters. The summed E-state index contributed by atoms with van der Waals surface area (Å²) >= 11 is 0. The lowest BCUT2D eigenvalue weighted by Gasteiger charge is -2.08. The van der Waals surface area contributed by atoms with E-state index in [9.17, 15) is 4.79 Å². The van der Waals surface area contributed by atoms with E-state index in [1.54, 1.807) is 12.3 Å². The number of amides is 1. The smallest absolute Gasteiger partial charge is 0.316 e. The molecular weight excluding hydrogens is 206 g/mol. The van der Waals surface area contributed by atoms with Gasteiger partial charge in [-0.1, -0.05) is 6.58 Å². The van der Waals surface area contributed by atoms with Crippen LogP contribution in [0.2, 0.25) is 0 Å². The summed E-state index contributed by atoms with van der Waals surface area (Å²) in [6.07, 6.45) is 2.84. The van der Waals surface area contributed by atoms with Crippen molar-refractivity contribution in [2.75, 3.05) is 0 Å². The number of nitrogens with one attached hydrogen (secondary N) is 1. The number of hydrogen-bond acceptors (Lipinski definition) is 4. The minimum Gasteiger partial charge on any atom is -0.461 e. The Hall–Kier alpha value is -1.91. The molecule has 0 bridgehead atoms. The van der Waals surface area contributed by atoms with Crippen molar-refractivity contribution in [1.29, 1.82) is 0 Å². The van der Waals surface area contributed by atoms with Crippen molar-refractivity contribution in [1.82, 2.24) is 15.3 Å². The number of ether oxygens (including phenoxy) is 1. The summed E-state index contributed by atoms with van der Waals surface area (Å²) in [4.78, 5) is 19.0. The second-order valence-electron chi connectivity index (χ2n) is 3.42. The van der Waals surface area contributed by atoms with Gasteiger partial charge in [0.05, 0.1) is 18.3 Å². The standard InChI is InChI=1S/C11H15N3O2/c1-4-10(15)13-7-9-5-6-12-11(14-9)16-8(2)3/h4-6,8H,1,7H2,2-3H3,(H,13,15). The molecule has 1 aromatic heterocycles. The molecule has 5 heteroatoms. The normalized spacial score (nSPS) is 9.94. The van der Waals surface area contributed by atoms with E-state index in [-0.39, 0.29) is 12.0 Å². The van der Waals surface area contributed by atoms with Crippen LogP contribution < -0.4 is 10.1 Å². The van der Waals surface area contributed by atoms with E-state index in [1.807, 2.05) is 13.8 Å². The predicted octanol–water partition coefficient (Wildman–Crippen LogP) is 1.07. The highest BCUT2D eigenvalue weighted by Gasteiger charge is 2.03. The van der Waals surface area contributed by atoms with Crippen LogP contribution in [0.3, 0.4) is 0 Å². The van der Waals surface area contributed by atoms with E-state index < -0.39 is 0 Å². The number of hydrogen-bond donors (Lipinski definition) is 1. The average molecular weight is 221 g/mol. The highest BCUT2D eigenvalue weighted by Crippen LogP contribution is 2.05. The van der Waals surface area contributed by atoms with Crippen molar-refractivity contribution >= 4 is 5.91 Å². The van der Waals surface area contributed by atoms with Gasteiger partial charge in [-0.2, -0.15) is 4.98 Å². The van der Waals surface area contributed by atoms with Crippen LogP contribution in [0, 0.1) is 0 Å². The zero-order valence-corrected chi connectivity index (χ0v) is 9.43. The van der Waals surface area contributed by atoms with E-state index >= 15 is 0 Å². The van der Waals surface area contributed by atoms with Gasteiger partial charge in [0.15, 0.2) is 0 Å². The minimum absolute atomic E-state index is 0.0259. The molecule has 16 heavy (non-hydrogen) atoms. The molecule has 0 saturated heterocycles. The van der Waals surface area contributed by atoms with Crippen LogP contribution in [-0.2, 0) is 11.3 Å². The van der Waals surface area contributed by atoms with E-state index in [4.69, 9.17) is 4.74 Å². The van der Waals surface area contributed by atoms with E-state index in [0.29, 0.717) is 18.2 Å². The van der Waals surface area contributed by atoms with Gasteiger partial charge < -0.3 is 10.1 Å². The topological polar surface area (TPSA) is 64.1 Å². The Morgan fingerprint density at radius 3 is 3.06 bits per heavy atom. The average Bonchev–Trinajstić information content (AvgIpc) is 2.25. The maximum absolute atomic E-state index is 10.9. The fraction of sp³-hybridized carbons (Fsp3) is 0.364. The second-order valence-corrected chi connectivity index (χ2v) is 3.42. The quantitative estimate of drug-likeness (QED) is 0.755. The maximum atomic E-state index is 10.9. The molecule has 1 N–H and O–H groups in total. The molecule has 0 aliphatic heterocycles. The van der Waals surface area contributed by atoms with Gasteiger partial charge in [0.2, 0.25) is 5.91 Å². The Morgan fingerprint density at radius 1 is 1.69 bits per heavy atom. The SMILES string of the molecule is C=CC(=O)NCc1ccnc(OC(C)C)n1. The molecule has 1 aromatic rings. The van der Waals surface area contributed by atoms with Crippen molar-refractivity contribution < 1.29 is 9.53 Å². The fourth-order valence-corrected chi connectivity index (χ4v) is 0.992. The number of carbonyl (C=O) groups excluding carboxylic acids is 1. The van der Waals surface area contributed by atoms with Crippen molar-refractivity contribution in [3.63, 3.8) is 0 Å². The van der Waals surface area contributed by atoms with Gasteiger partial charge in [-0.05, 0) is 26.0 Å². The van der Waals surface area contributed by atoms with Crippen LogP contribution >= 0.6 is 0 Å². The van der Waals surface area contributed by atoms with Gasteiger partial charge in [0.1, 0.15) is 0 Å². The molecule has 1 amide bonds. The number of nitrogens with zero attached hydrogens (tertiary/aromatic N) is 2. The lowest BCUT2D eigenvalue weighted by atomic mass is 10.4. The van der Waals surface area contributed by atoms with Crippen molar-refractivity contribution in [3.05, 3.63) is 30.6 Å². The molecule has 1 heterocycles. The van der Waals surface area contributed by atoms with Crippen LogP contribution in [0.5, 0.6) is 6.01 Å². The summed E-state index contributed by atoms with van der Waals surface area (Å²) in [5, 5.41) is 2.63. The number of rotatable bonds is 5. The monoisotopic (exact) mass is 221 g/mol. The lowest BCUT2D eigenvalue weighted by Crippen LogP contribution is -2.21. The molecule has 86 valence electrons. The van der Waals surface area contributed by atoms with Crippen LogP contribution in [-0.4, -0.2) is 22.0 Å². The van der Waals surface area contributed by atoms with E-state index in [2.05, 4.69) is 21.9 Å². The summed E-state index contributed by atoms with van der Waals surface area (Å²) in [7, 11) is 0. The maximum Gasteiger partial charge on any atom is 0.316 e. The first-order valence-electron chi connectivity index (χ1n) is 5.00. The minimum atomic E-state index is -0.232. The van der Waals surface area contributed by atoms with Crippen LogP contribution in [0.15, 0.2) is 24.9 Å². The van der Waals surface area contributed by atoms with Gasteiger partial charge in [-0.15, -0.1) is 0 Å².